The van der Waals surface area contributed by atoms with Gasteiger partial charge in [0.1, 0.15) is 0 Å². The molecule has 0 fully saturated rings. The summed E-state index contributed by atoms with van der Waals surface area (Å²) in [6.45, 7) is 0. The number of likely N-dealkylation sites (N-methyl/N-ethyl adjacent to an activating group) is 1. The van der Waals surface area contributed by atoms with Crippen molar-refractivity contribution in [1.29, 1.82) is 0 Å². The van der Waals surface area contributed by atoms with Gasteiger partial charge < -0.3 is 10.4 Å². The molecule has 2 atom stereocenters. The molecule has 0 heterocycles. The normalized spacial score (nSPS) is 34.9. The fraction of sp³-hybridized carbons (Fsp3) is 0.714. The van der Waals surface area contributed by atoms with E-state index < -0.39 is 0 Å². The smallest absolute Gasteiger partial charge is 0.0731 e. The second-order valence-electron chi connectivity index (χ2n) is 2.39. The average Bonchev–Trinajstić information content (AvgIpc) is 1.89. The van der Waals surface area contributed by atoms with E-state index in [1.807, 2.05) is 13.1 Å². The first-order chi connectivity index (χ1) is 4.34. The van der Waals surface area contributed by atoms with Gasteiger partial charge in [-0.3, -0.25) is 0 Å². The third-order valence-corrected chi connectivity index (χ3v) is 1.72. The van der Waals surface area contributed by atoms with Crippen LogP contribution in [0.25, 0.3) is 0 Å². The minimum atomic E-state index is -0.181. The molecule has 0 spiro atoms. The summed E-state index contributed by atoms with van der Waals surface area (Å²) in [4.78, 5) is 0. The summed E-state index contributed by atoms with van der Waals surface area (Å²) in [7, 11) is 1.86. The number of hydrogen-bond donors (Lipinski definition) is 2. The summed E-state index contributed by atoms with van der Waals surface area (Å²) in [5.74, 6) is 0. The molecule has 52 valence electrons. The van der Waals surface area contributed by atoms with E-state index >= 15 is 0 Å². The molecule has 0 bridgehead atoms. The summed E-state index contributed by atoms with van der Waals surface area (Å²) >= 11 is 0. The second-order valence-corrected chi connectivity index (χ2v) is 2.39. The number of rotatable bonds is 1. The largest absolute Gasteiger partial charge is 0.391 e. The maximum Gasteiger partial charge on any atom is 0.0731 e. The van der Waals surface area contributed by atoms with Gasteiger partial charge in [0.15, 0.2) is 0 Å². The van der Waals surface area contributed by atoms with E-state index in [0.29, 0.717) is 0 Å². The number of allylic oxidation sites excluding steroid dienone is 1. The molecule has 0 aromatic carbocycles. The Morgan fingerprint density at radius 2 is 2.44 bits per heavy atom. The van der Waals surface area contributed by atoms with E-state index in [9.17, 15) is 5.11 Å². The first-order valence-corrected chi connectivity index (χ1v) is 3.36. The standard InChI is InChI=1S/C7H13NO/c1-8-6-4-2-3-5-7(6)9/h2,4,6-9H,3,5H2,1H3/t6-,7-/m1/s1. The topological polar surface area (TPSA) is 32.3 Å². The van der Waals surface area contributed by atoms with Crippen molar-refractivity contribution in [2.75, 3.05) is 7.05 Å². The van der Waals surface area contributed by atoms with Gasteiger partial charge in [-0.25, -0.2) is 0 Å². The van der Waals surface area contributed by atoms with Crippen LogP contribution in [0, 0.1) is 0 Å². The Bertz CT molecular complexity index is 111. The lowest BCUT2D eigenvalue weighted by atomic mass is 10.00. The molecular formula is C7H13NO. The summed E-state index contributed by atoms with van der Waals surface area (Å²) in [6, 6.07) is 0.179. The Hall–Kier alpha value is -0.340. The van der Waals surface area contributed by atoms with Gasteiger partial charge in [0.05, 0.1) is 12.1 Å². The van der Waals surface area contributed by atoms with Crippen molar-refractivity contribution in [3.63, 3.8) is 0 Å². The predicted molar refractivity (Wildman–Crippen MR) is 37.2 cm³/mol. The Balaban J connectivity index is 2.46. The zero-order valence-electron chi connectivity index (χ0n) is 5.67. The summed E-state index contributed by atoms with van der Waals surface area (Å²) < 4.78 is 0. The van der Waals surface area contributed by atoms with Crippen LogP contribution in [0.15, 0.2) is 12.2 Å². The van der Waals surface area contributed by atoms with Crippen molar-refractivity contribution in [3.05, 3.63) is 12.2 Å². The molecule has 0 aromatic heterocycles. The molecule has 0 aromatic rings. The minimum Gasteiger partial charge on any atom is -0.391 e. The maximum atomic E-state index is 9.26. The lowest BCUT2D eigenvalue weighted by Crippen LogP contribution is -2.37. The molecule has 0 saturated carbocycles. The second kappa shape index (κ2) is 2.99. The zero-order chi connectivity index (χ0) is 6.69. The van der Waals surface area contributed by atoms with Gasteiger partial charge in [-0.1, -0.05) is 12.2 Å². The van der Waals surface area contributed by atoms with Crippen LogP contribution in [-0.2, 0) is 0 Å². The van der Waals surface area contributed by atoms with Gasteiger partial charge in [-0.2, -0.15) is 0 Å². The van der Waals surface area contributed by atoms with E-state index in [0.717, 1.165) is 12.8 Å². The predicted octanol–water partition coefficient (Wildman–Crippen LogP) is 0.285. The van der Waals surface area contributed by atoms with Gasteiger partial charge >= 0.3 is 0 Å². The molecule has 1 rings (SSSR count). The Labute approximate surface area is 55.6 Å². The van der Waals surface area contributed by atoms with Crippen LogP contribution in [0.3, 0.4) is 0 Å². The molecule has 0 amide bonds. The quantitative estimate of drug-likeness (QED) is 0.496. The monoisotopic (exact) mass is 127 g/mol. The lowest BCUT2D eigenvalue weighted by Gasteiger charge is -2.21. The third kappa shape index (κ3) is 1.53. The maximum absolute atomic E-state index is 9.26. The van der Waals surface area contributed by atoms with Gasteiger partial charge in [-0.15, -0.1) is 0 Å². The molecule has 0 aliphatic heterocycles. The van der Waals surface area contributed by atoms with Crippen molar-refractivity contribution in [1.82, 2.24) is 5.32 Å². The molecule has 0 saturated heterocycles. The lowest BCUT2D eigenvalue weighted by molar-refractivity contribution is 0.135. The Morgan fingerprint density at radius 3 is 2.89 bits per heavy atom. The van der Waals surface area contributed by atoms with Crippen LogP contribution in [0.2, 0.25) is 0 Å². The van der Waals surface area contributed by atoms with Crippen molar-refractivity contribution in [2.45, 2.75) is 25.0 Å². The first kappa shape index (κ1) is 6.78. The van der Waals surface area contributed by atoms with E-state index in [2.05, 4.69) is 11.4 Å². The fourth-order valence-electron chi connectivity index (χ4n) is 1.11. The van der Waals surface area contributed by atoms with Crippen LogP contribution in [0.5, 0.6) is 0 Å². The molecule has 9 heavy (non-hydrogen) atoms. The molecule has 2 N–H and O–H groups in total. The van der Waals surface area contributed by atoms with Gasteiger partial charge in [-0.05, 0) is 19.9 Å². The molecule has 1 aliphatic carbocycles. The summed E-state index contributed by atoms with van der Waals surface area (Å²) in [5.41, 5.74) is 0. The highest BCUT2D eigenvalue weighted by molar-refractivity contribution is 5.01. The number of aliphatic hydroxyl groups is 1. The molecular weight excluding hydrogens is 114 g/mol. The number of nitrogens with one attached hydrogen (secondary N) is 1. The molecule has 1 aliphatic rings. The van der Waals surface area contributed by atoms with E-state index in [1.165, 1.54) is 0 Å². The van der Waals surface area contributed by atoms with Gasteiger partial charge in [0.2, 0.25) is 0 Å². The van der Waals surface area contributed by atoms with E-state index in [4.69, 9.17) is 0 Å². The fourth-order valence-corrected chi connectivity index (χ4v) is 1.11. The van der Waals surface area contributed by atoms with Gasteiger partial charge in [0.25, 0.3) is 0 Å². The van der Waals surface area contributed by atoms with E-state index in [1.54, 1.807) is 0 Å². The van der Waals surface area contributed by atoms with Crippen molar-refractivity contribution >= 4 is 0 Å². The highest BCUT2D eigenvalue weighted by Crippen LogP contribution is 2.10. The summed E-state index contributed by atoms with van der Waals surface area (Å²) in [5, 5.41) is 12.3. The molecule has 0 radical (unpaired) electrons. The Kier molecular flexibility index (Phi) is 2.25. The van der Waals surface area contributed by atoms with Crippen molar-refractivity contribution in [3.8, 4) is 0 Å². The van der Waals surface area contributed by atoms with Crippen LogP contribution in [0.1, 0.15) is 12.8 Å². The van der Waals surface area contributed by atoms with Crippen LogP contribution in [0.4, 0.5) is 0 Å². The Morgan fingerprint density at radius 1 is 1.67 bits per heavy atom. The van der Waals surface area contributed by atoms with Crippen LogP contribution >= 0.6 is 0 Å². The van der Waals surface area contributed by atoms with Crippen molar-refractivity contribution < 1.29 is 5.11 Å². The van der Waals surface area contributed by atoms with Crippen molar-refractivity contribution in [2.24, 2.45) is 0 Å². The number of aliphatic hydroxyl groups excluding tert-OH is 1. The van der Waals surface area contributed by atoms with E-state index in [-0.39, 0.29) is 12.1 Å². The van der Waals surface area contributed by atoms with Crippen LogP contribution in [-0.4, -0.2) is 24.3 Å². The molecule has 0 unspecified atom stereocenters. The highest BCUT2D eigenvalue weighted by Gasteiger charge is 2.15. The average molecular weight is 127 g/mol. The first-order valence-electron chi connectivity index (χ1n) is 3.36. The molecule has 2 nitrogen and oxygen atoms in total. The zero-order valence-corrected chi connectivity index (χ0v) is 5.67. The molecule has 2 heteroatoms. The van der Waals surface area contributed by atoms with Crippen LogP contribution < -0.4 is 5.32 Å². The summed E-state index contributed by atoms with van der Waals surface area (Å²) in [6.07, 6.45) is 5.85. The third-order valence-electron chi connectivity index (χ3n) is 1.72. The SMILES string of the molecule is CN[C@@H]1C=CCC[C@H]1O. The highest BCUT2D eigenvalue weighted by atomic mass is 16.3. The van der Waals surface area contributed by atoms with Gasteiger partial charge in [0, 0.05) is 0 Å². The minimum absolute atomic E-state index is 0.179. The number of hydrogen-bond acceptors (Lipinski definition) is 2.